The highest BCUT2D eigenvalue weighted by Crippen LogP contribution is 2.30. The third-order valence-electron chi connectivity index (χ3n) is 2.79. The average Bonchev–Trinajstić information content (AvgIpc) is 2.35. The van der Waals surface area contributed by atoms with Crippen molar-refractivity contribution in [1.82, 2.24) is 0 Å². The molecule has 1 atom stereocenters. The average molecular weight is 365 g/mol. The maximum Gasteiger partial charge on any atom is 0.182 e. The van der Waals surface area contributed by atoms with Gasteiger partial charge in [-0.15, -0.1) is 0 Å². The van der Waals surface area contributed by atoms with Gasteiger partial charge < -0.3 is 5.32 Å². The van der Waals surface area contributed by atoms with Gasteiger partial charge in [0.1, 0.15) is 5.82 Å². The predicted octanol–water partition coefficient (Wildman–Crippen LogP) is 5.69. The summed E-state index contributed by atoms with van der Waals surface area (Å²) >= 11 is 9.36. The largest absolute Gasteiger partial charge is 0.376 e. The van der Waals surface area contributed by atoms with Crippen LogP contribution < -0.4 is 5.32 Å². The van der Waals surface area contributed by atoms with E-state index < -0.39 is 23.5 Å². The molecule has 2 aromatic carbocycles. The van der Waals surface area contributed by atoms with E-state index in [4.69, 9.17) is 11.6 Å². The van der Waals surface area contributed by atoms with E-state index in [-0.39, 0.29) is 5.69 Å². The van der Waals surface area contributed by atoms with Crippen LogP contribution >= 0.6 is 27.5 Å². The van der Waals surface area contributed by atoms with Crippen molar-refractivity contribution < 1.29 is 13.2 Å². The van der Waals surface area contributed by atoms with Gasteiger partial charge in [-0.25, -0.2) is 13.2 Å². The Balaban J connectivity index is 2.30. The number of anilines is 1. The molecule has 1 unspecified atom stereocenters. The van der Waals surface area contributed by atoms with Gasteiger partial charge in [0.15, 0.2) is 11.6 Å². The Kier molecular flexibility index (Phi) is 4.60. The third kappa shape index (κ3) is 3.27. The molecule has 1 N–H and O–H groups in total. The predicted molar refractivity (Wildman–Crippen MR) is 77.5 cm³/mol. The molecule has 0 fully saturated rings. The van der Waals surface area contributed by atoms with Gasteiger partial charge in [0, 0.05) is 21.6 Å². The minimum Gasteiger partial charge on any atom is -0.376 e. The van der Waals surface area contributed by atoms with E-state index in [2.05, 4.69) is 21.2 Å². The molecule has 0 aliphatic rings. The lowest BCUT2D eigenvalue weighted by atomic mass is 10.1. The lowest BCUT2D eigenvalue weighted by molar-refractivity contribution is 0.496. The zero-order chi connectivity index (χ0) is 14.9. The fourth-order valence-electron chi connectivity index (χ4n) is 1.82. The molecule has 0 aliphatic carbocycles. The lowest BCUT2D eigenvalue weighted by Crippen LogP contribution is -2.09. The molecule has 1 nitrogen and oxygen atoms in total. The number of halogens is 5. The van der Waals surface area contributed by atoms with Crippen LogP contribution in [0.3, 0.4) is 0 Å². The minimum atomic E-state index is -1.23. The summed E-state index contributed by atoms with van der Waals surface area (Å²) in [6, 6.07) is 6.21. The van der Waals surface area contributed by atoms with E-state index in [1.807, 2.05) is 0 Å². The zero-order valence-corrected chi connectivity index (χ0v) is 12.7. The first-order chi connectivity index (χ1) is 9.38. The van der Waals surface area contributed by atoms with E-state index >= 15 is 0 Å². The number of nitrogens with one attached hydrogen (secondary N) is 1. The molecule has 0 aromatic heterocycles. The highest BCUT2D eigenvalue weighted by molar-refractivity contribution is 9.10. The second-order valence-corrected chi connectivity index (χ2v) is 5.60. The van der Waals surface area contributed by atoms with Crippen molar-refractivity contribution in [3.05, 3.63) is 62.8 Å². The first-order valence-electron chi connectivity index (χ1n) is 5.74. The topological polar surface area (TPSA) is 12.0 Å². The molecule has 2 aromatic rings. The highest BCUT2D eigenvalue weighted by Gasteiger charge is 2.15. The van der Waals surface area contributed by atoms with Crippen LogP contribution in [-0.4, -0.2) is 0 Å². The first kappa shape index (κ1) is 15.2. The normalized spacial score (nSPS) is 12.3. The smallest absolute Gasteiger partial charge is 0.182 e. The quantitative estimate of drug-likeness (QED) is 0.690. The van der Waals surface area contributed by atoms with Crippen LogP contribution in [0.1, 0.15) is 18.5 Å². The van der Waals surface area contributed by atoms with Crippen molar-refractivity contribution in [1.29, 1.82) is 0 Å². The molecule has 0 aliphatic heterocycles. The molecule has 0 spiro atoms. The molecular weight excluding hydrogens is 355 g/mol. The zero-order valence-electron chi connectivity index (χ0n) is 10.4. The number of benzene rings is 2. The molecular formula is C14H10BrClF3N. The van der Waals surface area contributed by atoms with E-state index in [1.54, 1.807) is 25.1 Å². The van der Waals surface area contributed by atoms with E-state index in [1.165, 1.54) is 0 Å². The third-order valence-corrected chi connectivity index (χ3v) is 3.61. The van der Waals surface area contributed by atoms with Crippen molar-refractivity contribution >= 4 is 33.2 Å². The molecule has 106 valence electrons. The molecule has 0 radical (unpaired) electrons. The van der Waals surface area contributed by atoms with Gasteiger partial charge >= 0.3 is 0 Å². The van der Waals surface area contributed by atoms with Gasteiger partial charge in [0.25, 0.3) is 0 Å². The van der Waals surface area contributed by atoms with Gasteiger partial charge in [-0.2, -0.15) is 0 Å². The van der Waals surface area contributed by atoms with E-state index in [9.17, 15) is 13.2 Å². The molecule has 0 saturated carbocycles. The van der Waals surface area contributed by atoms with Gasteiger partial charge in [0.05, 0.1) is 11.7 Å². The minimum absolute atomic E-state index is 0.242. The maximum absolute atomic E-state index is 13.6. The maximum atomic E-state index is 13.6. The number of hydrogen-bond donors (Lipinski definition) is 1. The summed E-state index contributed by atoms with van der Waals surface area (Å²) < 4.78 is 40.6. The first-order valence-corrected chi connectivity index (χ1v) is 6.91. The van der Waals surface area contributed by atoms with Crippen LogP contribution in [0.25, 0.3) is 0 Å². The van der Waals surface area contributed by atoms with Crippen molar-refractivity contribution in [3.63, 3.8) is 0 Å². The van der Waals surface area contributed by atoms with Crippen LogP contribution in [0.5, 0.6) is 0 Å². The highest BCUT2D eigenvalue weighted by atomic mass is 79.9. The monoisotopic (exact) mass is 363 g/mol. The van der Waals surface area contributed by atoms with E-state index in [0.717, 1.165) is 10.5 Å². The standard InChI is InChI=1S/C14H10BrClF3N/c1-7(10-3-2-8(15)4-11(10)16)20-13-6-9(17)5-12(18)14(13)19/h2-7,20H,1H3. The van der Waals surface area contributed by atoms with Crippen molar-refractivity contribution in [3.8, 4) is 0 Å². The lowest BCUT2D eigenvalue weighted by Gasteiger charge is -2.18. The van der Waals surface area contributed by atoms with Crippen molar-refractivity contribution in [2.75, 3.05) is 5.32 Å². The van der Waals surface area contributed by atoms with Crippen LogP contribution in [0.15, 0.2) is 34.8 Å². The van der Waals surface area contributed by atoms with Crippen molar-refractivity contribution in [2.24, 2.45) is 0 Å². The SMILES string of the molecule is CC(Nc1cc(F)cc(F)c1F)c1ccc(Br)cc1Cl. The summed E-state index contributed by atoms with van der Waals surface area (Å²) in [5.41, 5.74) is 0.452. The van der Waals surface area contributed by atoms with Gasteiger partial charge in [-0.1, -0.05) is 33.6 Å². The van der Waals surface area contributed by atoms with Gasteiger partial charge in [-0.05, 0) is 24.6 Å². The molecule has 0 bridgehead atoms. The van der Waals surface area contributed by atoms with Crippen LogP contribution in [-0.2, 0) is 0 Å². The van der Waals surface area contributed by atoms with E-state index in [0.29, 0.717) is 16.7 Å². The summed E-state index contributed by atoms with van der Waals surface area (Å²) in [6.45, 7) is 1.72. The Morgan fingerprint density at radius 3 is 2.50 bits per heavy atom. The Labute approximate surface area is 127 Å². The summed E-state index contributed by atoms with van der Waals surface area (Å²) in [4.78, 5) is 0. The van der Waals surface area contributed by atoms with Gasteiger partial charge in [0.2, 0.25) is 0 Å². The summed E-state index contributed by atoms with van der Waals surface area (Å²) in [7, 11) is 0. The molecule has 20 heavy (non-hydrogen) atoms. The van der Waals surface area contributed by atoms with Crippen molar-refractivity contribution in [2.45, 2.75) is 13.0 Å². The van der Waals surface area contributed by atoms with Crippen LogP contribution in [0.2, 0.25) is 5.02 Å². The summed E-state index contributed by atoms with van der Waals surface area (Å²) in [6.07, 6.45) is 0. The second kappa shape index (κ2) is 6.06. The number of hydrogen-bond acceptors (Lipinski definition) is 1. The van der Waals surface area contributed by atoms with Crippen LogP contribution in [0.4, 0.5) is 18.9 Å². The number of rotatable bonds is 3. The molecule has 0 heterocycles. The Hall–Kier alpha value is -1.20. The molecule has 0 saturated heterocycles. The Bertz CT molecular complexity index is 649. The van der Waals surface area contributed by atoms with Gasteiger partial charge in [-0.3, -0.25) is 0 Å². The Morgan fingerprint density at radius 1 is 1.15 bits per heavy atom. The summed E-state index contributed by atoms with van der Waals surface area (Å²) in [5.74, 6) is -3.20. The molecule has 0 amide bonds. The summed E-state index contributed by atoms with van der Waals surface area (Å²) in [5, 5.41) is 3.18. The fourth-order valence-corrected chi connectivity index (χ4v) is 2.66. The fraction of sp³-hybridized carbons (Fsp3) is 0.143. The second-order valence-electron chi connectivity index (χ2n) is 4.28. The molecule has 2 rings (SSSR count). The van der Waals surface area contributed by atoms with Crippen LogP contribution in [0, 0.1) is 17.5 Å². The molecule has 6 heteroatoms. The Morgan fingerprint density at radius 2 is 1.85 bits per heavy atom.